The third kappa shape index (κ3) is 7.36. The van der Waals surface area contributed by atoms with Crippen LogP contribution >= 0.6 is 0 Å². The van der Waals surface area contributed by atoms with Crippen molar-refractivity contribution in [3.8, 4) is 5.75 Å². The van der Waals surface area contributed by atoms with E-state index in [4.69, 9.17) is 10.5 Å². The number of rotatable bonds is 11. The molecule has 0 aliphatic rings. The van der Waals surface area contributed by atoms with Gasteiger partial charge < -0.3 is 15.2 Å². The van der Waals surface area contributed by atoms with Crippen LogP contribution in [0.4, 0.5) is 17.6 Å². The Hall–Kier alpha value is -1.83. The van der Waals surface area contributed by atoms with Gasteiger partial charge in [-0.15, -0.1) is 13.2 Å². The van der Waals surface area contributed by atoms with Gasteiger partial charge in [0.2, 0.25) is 0 Å². The van der Waals surface area contributed by atoms with Crippen molar-refractivity contribution in [1.82, 2.24) is 0 Å². The van der Waals surface area contributed by atoms with Gasteiger partial charge in [0.25, 0.3) is 0 Å². The third-order valence-electron chi connectivity index (χ3n) is 4.21. The van der Waals surface area contributed by atoms with E-state index in [1.54, 1.807) is 6.92 Å². The van der Waals surface area contributed by atoms with Crippen molar-refractivity contribution in [3.63, 3.8) is 0 Å². The van der Waals surface area contributed by atoms with Gasteiger partial charge in [-0.3, -0.25) is 0 Å². The minimum atomic E-state index is -5.00. The first-order valence-electron chi connectivity index (χ1n) is 9.16. The van der Waals surface area contributed by atoms with Gasteiger partial charge in [-0.2, -0.15) is 0 Å². The van der Waals surface area contributed by atoms with Crippen LogP contribution in [0.25, 0.3) is 0 Å². The molecule has 1 aromatic rings. The van der Waals surface area contributed by atoms with Crippen LogP contribution in [0.5, 0.6) is 5.75 Å². The second kappa shape index (κ2) is 10.5. The molecule has 0 bridgehead atoms. The fourth-order valence-corrected chi connectivity index (χ4v) is 2.86. The molecule has 27 heavy (non-hydrogen) atoms. The lowest BCUT2D eigenvalue weighted by molar-refractivity contribution is -0.275. The molecular weight excluding hydrogens is 366 g/mol. The number of alkyl halides is 3. The van der Waals surface area contributed by atoms with E-state index in [9.17, 15) is 22.4 Å². The summed E-state index contributed by atoms with van der Waals surface area (Å²) < 4.78 is 60.8. The van der Waals surface area contributed by atoms with Crippen molar-refractivity contribution >= 4 is 5.97 Å². The molecule has 2 N–H and O–H groups in total. The van der Waals surface area contributed by atoms with E-state index in [1.807, 2.05) is 0 Å². The quantitative estimate of drug-likeness (QED) is 0.319. The van der Waals surface area contributed by atoms with Crippen molar-refractivity contribution in [2.24, 2.45) is 5.73 Å². The zero-order valence-electron chi connectivity index (χ0n) is 15.7. The molecule has 0 saturated heterocycles. The largest absolute Gasteiger partial charge is 0.573 e. The maximum Gasteiger partial charge on any atom is 0.573 e. The van der Waals surface area contributed by atoms with Gasteiger partial charge in [0.15, 0.2) is 0 Å². The standard InChI is InChI=1S/C19H27F4NO3/c1-3-5-6-7-8-9-12-18(24,17(25)26-4-2)15-13-14(20)10-11-16(15)27-19(21,22)23/h10-11,13H,3-9,12,24H2,1-2H3. The van der Waals surface area contributed by atoms with Crippen LogP contribution in [0.3, 0.4) is 0 Å². The fraction of sp³-hybridized carbons (Fsp3) is 0.632. The number of ether oxygens (including phenoxy) is 2. The van der Waals surface area contributed by atoms with Crippen LogP contribution < -0.4 is 10.5 Å². The average Bonchev–Trinajstić information content (AvgIpc) is 2.58. The highest BCUT2D eigenvalue weighted by atomic mass is 19.4. The smallest absolute Gasteiger partial charge is 0.464 e. The molecule has 0 amide bonds. The SMILES string of the molecule is CCCCCCCCC(N)(C(=O)OCC)c1cc(F)ccc1OC(F)(F)F. The van der Waals surface area contributed by atoms with Gasteiger partial charge >= 0.3 is 12.3 Å². The monoisotopic (exact) mass is 393 g/mol. The molecule has 0 fully saturated rings. The Bertz CT molecular complexity index is 607. The molecule has 0 spiro atoms. The summed E-state index contributed by atoms with van der Waals surface area (Å²) in [5, 5.41) is 0. The van der Waals surface area contributed by atoms with Crippen LogP contribution in [0, 0.1) is 5.82 Å². The van der Waals surface area contributed by atoms with Crippen molar-refractivity contribution in [1.29, 1.82) is 0 Å². The molecule has 0 aliphatic heterocycles. The van der Waals surface area contributed by atoms with Crippen LogP contribution in [0.1, 0.15) is 64.4 Å². The predicted octanol–water partition coefficient (Wildman–Crippen LogP) is 5.19. The summed E-state index contributed by atoms with van der Waals surface area (Å²) in [7, 11) is 0. The van der Waals surface area contributed by atoms with Crippen LogP contribution in [-0.4, -0.2) is 18.9 Å². The normalized spacial score (nSPS) is 13.9. The number of halogens is 4. The van der Waals surface area contributed by atoms with Gasteiger partial charge in [0.1, 0.15) is 17.1 Å². The Morgan fingerprint density at radius 1 is 1.07 bits per heavy atom. The number of hydrogen-bond donors (Lipinski definition) is 1. The van der Waals surface area contributed by atoms with E-state index in [2.05, 4.69) is 11.7 Å². The summed E-state index contributed by atoms with van der Waals surface area (Å²) >= 11 is 0. The van der Waals surface area contributed by atoms with Crippen molar-refractivity contribution in [3.05, 3.63) is 29.6 Å². The lowest BCUT2D eigenvalue weighted by Gasteiger charge is -2.29. The van der Waals surface area contributed by atoms with Crippen LogP contribution in [0.2, 0.25) is 0 Å². The molecule has 0 radical (unpaired) electrons. The molecule has 0 saturated carbocycles. The second-order valence-corrected chi connectivity index (χ2v) is 6.40. The summed E-state index contributed by atoms with van der Waals surface area (Å²) in [5.74, 6) is -2.43. The summed E-state index contributed by atoms with van der Waals surface area (Å²) in [5.41, 5.74) is 3.89. The highest BCUT2D eigenvalue weighted by molar-refractivity contribution is 5.83. The van der Waals surface area contributed by atoms with Crippen LogP contribution in [0.15, 0.2) is 18.2 Å². The Kier molecular flexibility index (Phi) is 9.02. The maximum absolute atomic E-state index is 13.7. The van der Waals surface area contributed by atoms with E-state index < -0.39 is 29.4 Å². The third-order valence-corrected chi connectivity index (χ3v) is 4.21. The molecule has 0 aromatic heterocycles. The van der Waals surface area contributed by atoms with Gasteiger partial charge in [0, 0.05) is 5.56 Å². The number of hydrogen-bond acceptors (Lipinski definition) is 4. The number of benzene rings is 1. The zero-order chi connectivity index (χ0) is 20.5. The van der Waals surface area contributed by atoms with Crippen molar-refractivity contribution < 1.29 is 31.8 Å². The fourth-order valence-electron chi connectivity index (χ4n) is 2.86. The topological polar surface area (TPSA) is 61.6 Å². The predicted molar refractivity (Wildman–Crippen MR) is 93.6 cm³/mol. The van der Waals surface area contributed by atoms with Gasteiger partial charge in [-0.25, -0.2) is 9.18 Å². The summed E-state index contributed by atoms with van der Waals surface area (Å²) in [6, 6.07) is 2.44. The summed E-state index contributed by atoms with van der Waals surface area (Å²) in [6.07, 6.45) is 0.365. The molecule has 1 unspecified atom stereocenters. The Morgan fingerprint density at radius 3 is 2.30 bits per heavy atom. The molecule has 8 heteroatoms. The lowest BCUT2D eigenvalue weighted by atomic mass is 9.84. The molecule has 0 heterocycles. The average molecular weight is 393 g/mol. The van der Waals surface area contributed by atoms with Gasteiger partial charge in [-0.05, 0) is 31.5 Å². The lowest BCUT2D eigenvalue weighted by Crippen LogP contribution is -2.46. The molecule has 1 aromatic carbocycles. The number of nitrogens with two attached hydrogens (primary N) is 1. The van der Waals surface area contributed by atoms with Crippen molar-refractivity contribution in [2.75, 3.05) is 6.61 Å². The molecule has 1 rings (SSSR count). The number of carbonyl (C=O) groups excluding carboxylic acids is 1. The molecule has 0 aliphatic carbocycles. The van der Waals surface area contributed by atoms with E-state index in [1.165, 1.54) is 0 Å². The number of esters is 1. The first-order chi connectivity index (χ1) is 12.6. The highest BCUT2D eigenvalue weighted by Crippen LogP contribution is 2.37. The van der Waals surface area contributed by atoms with Crippen LogP contribution in [-0.2, 0) is 15.1 Å². The van der Waals surface area contributed by atoms with E-state index >= 15 is 0 Å². The second-order valence-electron chi connectivity index (χ2n) is 6.40. The Balaban J connectivity index is 3.11. The minimum Gasteiger partial charge on any atom is -0.464 e. The van der Waals surface area contributed by atoms with Gasteiger partial charge in [0.05, 0.1) is 6.61 Å². The molecule has 1 atom stereocenters. The molecule has 154 valence electrons. The molecular formula is C19H27F4NO3. The van der Waals surface area contributed by atoms with Gasteiger partial charge in [-0.1, -0.05) is 45.4 Å². The highest BCUT2D eigenvalue weighted by Gasteiger charge is 2.42. The Labute approximate surface area is 157 Å². The van der Waals surface area contributed by atoms with Crippen molar-refractivity contribution in [2.45, 2.75) is 70.7 Å². The first kappa shape index (κ1) is 23.2. The number of carbonyl (C=O) groups is 1. The first-order valence-corrected chi connectivity index (χ1v) is 9.16. The van der Waals surface area contributed by atoms with E-state index in [0.29, 0.717) is 6.42 Å². The number of unbranched alkanes of at least 4 members (excludes halogenated alkanes) is 5. The molecule has 4 nitrogen and oxygen atoms in total. The maximum atomic E-state index is 13.7. The Morgan fingerprint density at radius 2 is 1.70 bits per heavy atom. The minimum absolute atomic E-state index is 0.000932. The zero-order valence-corrected chi connectivity index (χ0v) is 15.7. The summed E-state index contributed by atoms with van der Waals surface area (Å²) in [4.78, 5) is 12.5. The summed E-state index contributed by atoms with van der Waals surface area (Å²) in [6.45, 7) is 3.64. The van der Waals surface area contributed by atoms with E-state index in [0.717, 1.165) is 50.3 Å². The van der Waals surface area contributed by atoms with E-state index in [-0.39, 0.29) is 18.6 Å².